The highest BCUT2D eigenvalue weighted by Gasteiger charge is 2.22. The molecule has 2 rings (SSSR count). The van der Waals surface area contributed by atoms with Crippen LogP contribution < -0.4 is 14.8 Å². The van der Waals surface area contributed by atoms with E-state index in [0.29, 0.717) is 0 Å². The average molecular weight is 411 g/mol. The Morgan fingerprint density at radius 3 is 2.64 bits per heavy atom. The summed E-state index contributed by atoms with van der Waals surface area (Å²) in [6.45, 7) is -3.88. The molecule has 2 aromatic rings. The third-order valence-corrected chi connectivity index (χ3v) is 3.65. The Morgan fingerprint density at radius 2 is 2.04 bits per heavy atom. The number of rotatable bonds is 7. The fourth-order valence-electron chi connectivity index (χ4n) is 2.14. The van der Waals surface area contributed by atoms with Gasteiger partial charge in [0.25, 0.3) is 5.91 Å². The van der Waals surface area contributed by atoms with Crippen LogP contribution in [-0.2, 0) is 9.53 Å². The van der Waals surface area contributed by atoms with Crippen LogP contribution >= 0.6 is 11.6 Å². The topological polar surface area (TPSA) is 97.6 Å². The molecule has 0 atom stereocenters. The van der Waals surface area contributed by atoms with E-state index in [2.05, 4.69) is 10.1 Å². The first-order valence-corrected chi connectivity index (χ1v) is 8.02. The first-order valence-electron chi connectivity index (χ1n) is 7.64. The number of hydrogen-bond acceptors (Lipinski definition) is 6. The van der Waals surface area contributed by atoms with Crippen molar-refractivity contribution in [3.05, 3.63) is 52.5 Å². The molecule has 0 spiro atoms. The number of methoxy groups -OCH3 is 1. The molecule has 0 heterocycles. The number of halogens is 3. The van der Waals surface area contributed by atoms with Crippen molar-refractivity contribution in [2.75, 3.05) is 19.0 Å². The molecule has 0 radical (unpaired) electrons. The summed E-state index contributed by atoms with van der Waals surface area (Å²) in [7, 11) is 1.22. The Hall–Kier alpha value is -3.38. The first kappa shape index (κ1) is 20.9. The van der Waals surface area contributed by atoms with Gasteiger partial charge in [-0.15, -0.1) is 0 Å². The van der Waals surface area contributed by atoms with E-state index in [4.69, 9.17) is 26.3 Å². The third-order valence-electron chi connectivity index (χ3n) is 3.33. The van der Waals surface area contributed by atoms with E-state index in [1.165, 1.54) is 43.5 Å². The molecular formula is C18H13ClF2N2O5. The smallest absolute Gasteiger partial charge is 0.387 e. The maximum atomic E-state index is 12.6. The summed E-state index contributed by atoms with van der Waals surface area (Å²) in [5, 5.41) is 11.4. The highest BCUT2D eigenvalue weighted by Crippen LogP contribution is 2.32. The lowest BCUT2D eigenvalue weighted by Gasteiger charge is -2.13. The van der Waals surface area contributed by atoms with Gasteiger partial charge in [0.05, 0.1) is 17.7 Å². The number of para-hydroxylation sites is 1. The van der Waals surface area contributed by atoms with Crippen molar-refractivity contribution in [3.8, 4) is 17.6 Å². The fraction of sp³-hybridized carbons (Fsp3) is 0.167. The first-order chi connectivity index (χ1) is 13.3. The van der Waals surface area contributed by atoms with Crippen molar-refractivity contribution in [1.82, 2.24) is 0 Å². The van der Waals surface area contributed by atoms with Gasteiger partial charge in [0.2, 0.25) is 0 Å². The van der Waals surface area contributed by atoms with Gasteiger partial charge in [-0.1, -0.05) is 17.7 Å². The van der Waals surface area contributed by atoms with Crippen LogP contribution in [0.25, 0.3) is 0 Å². The molecule has 2 aromatic carbocycles. The summed E-state index contributed by atoms with van der Waals surface area (Å²) in [5.74, 6) is -2.34. The van der Waals surface area contributed by atoms with E-state index in [0.717, 1.165) is 0 Å². The van der Waals surface area contributed by atoms with Gasteiger partial charge >= 0.3 is 12.6 Å². The lowest BCUT2D eigenvalue weighted by atomic mass is 10.2. The van der Waals surface area contributed by atoms with Crippen LogP contribution in [-0.4, -0.2) is 32.2 Å². The quantitative estimate of drug-likeness (QED) is 0.700. The summed E-state index contributed by atoms with van der Waals surface area (Å²) < 4.78 is 39.3. The maximum Gasteiger partial charge on any atom is 0.387 e. The second-order valence-corrected chi connectivity index (χ2v) is 5.55. The maximum absolute atomic E-state index is 12.6. The van der Waals surface area contributed by atoms with E-state index in [-0.39, 0.29) is 27.6 Å². The Kier molecular flexibility index (Phi) is 7.12. The van der Waals surface area contributed by atoms with Gasteiger partial charge in [-0.25, -0.2) is 4.79 Å². The van der Waals surface area contributed by atoms with Crippen molar-refractivity contribution < 1.29 is 32.6 Å². The van der Waals surface area contributed by atoms with Crippen LogP contribution in [0.3, 0.4) is 0 Å². The van der Waals surface area contributed by atoms with Crippen LogP contribution in [0.2, 0.25) is 5.02 Å². The van der Waals surface area contributed by atoms with Gasteiger partial charge in [0.1, 0.15) is 11.6 Å². The number of amides is 1. The van der Waals surface area contributed by atoms with E-state index >= 15 is 0 Å². The molecule has 0 aromatic heterocycles. The molecule has 28 heavy (non-hydrogen) atoms. The Morgan fingerprint density at radius 1 is 1.29 bits per heavy atom. The molecule has 7 nitrogen and oxygen atoms in total. The lowest BCUT2D eigenvalue weighted by Crippen LogP contribution is -2.21. The number of alkyl halides is 2. The molecule has 1 amide bonds. The molecule has 146 valence electrons. The largest absolute Gasteiger partial charge is 0.493 e. The van der Waals surface area contributed by atoms with E-state index in [1.54, 1.807) is 0 Å². The molecule has 0 aliphatic rings. The number of hydrogen-bond donors (Lipinski definition) is 1. The normalized spacial score (nSPS) is 10.1. The predicted molar refractivity (Wildman–Crippen MR) is 94.7 cm³/mol. The Labute approximate surface area is 163 Å². The van der Waals surface area contributed by atoms with Crippen molar-refractivity contribution in [2.24, 2.45) is 0 Å². The van der Waals surface area contributed by atoms with Crippen LogP contribution in [0, 0.1) is 11.3 Å². The zero-order valence-corrected chi connectivity index (χ0v) is 15.1. The van der Waals surface area contributed by atoms with Gasteiger partial charge in [-0.3, -0.25) is 4.79 Å². The molecule has 0 bridgehead atoms. The van der Waals surface area contributed by atoms with E-state index < -0.39 is 30.8 Å². The van der Waals surface area contributed by atoms with Crippen molar-refractivity contribution in [2.45, 2.75) is 6.61 Å². The summed E-state index contributed by atoms with van der Waals surface area (Å²) >= 11 is 5.86. The molecule has 0 fully saturated rings. The van der Waals surface area contributed by atoms with Gasteiger partial charge in [0.15, 0.2) is 18.1 Å². The standard InChI is InChI=1S/C18H13ClF2N2O5/c1-26-14-4-2-3-12(16(14)28-18(20)21)17(25)27-9-15(24)23-11-6-5-10(8-22)13(19)7-11/h2-7,18H,9H2,1H3,(H,23,24). The molecule has 0 aliphatic heterocycles. The average Bonchev–Trinajstić information content (AvgIpc) is 2.66. The van der Waals surface area contributed by atoms with Crippen molar-refractivity contribution >= 4 is 29.2 Å². The zero-order valence-electron chi connectivity index (χ0n) is 14.4. The summed E-state index contributed by atoms with van der Waals surface area (Å²) in [6, 6.07) is 9.99. The Balaban J connectivity index is 2.05. The van der Waals surface area contributed by atoms with Crippen LogP contribution in [0.5, 0.6) is 11.5 Å². The molecular weight excluding hydrogens is 398 g/mol. The number of benzene rings is 2. The number of carbonyl (C=O) groups is 2. The van der Waals surface area contributed by atoms with Gasteiger partial charge in [-0.05, 0) is 30.3 Å². The van der Waals surface area contributed by atoms with Gasteiger partial charge < -0.3 is 19.5 Å². The van der Waals surface area contributed by atoms with Crippen molar-refractivity contribution in [3.63, 3.8) is 0 Å². The molecule has 0 unspecified atom stereocenters. The van der Waals surface area contributed by atoms with Crippen molar-refractivity contribution in [1.29, 1.82) is 5.26 Å². The molecule has 0 saturated carbocycles. The third kappa shape index (κ3) is 5.31. The van der Waals surface area contributed by atoms with Gasteiger partial charge in [-0.2, -0.15) is 14.0 Å². The number of ether oxygens (including phenoxy) is 3. The minimum Gasteiger partial charge on any atom is -0.493 e. The van der Waals surface area contributed by atoms with Crippen LogP contribution in [0.4, 0.5) is 14.5 Å². The highest BCUT2D eigenvalue weighted by atomic mass is 35.5. The minimum atomic E-state index is -3.19. The SMILES string of the molecule is COc1cccc(C(=O)OCC(=O)Nc2ccc(C#N)c(Cl)c2)c1OC(F)F. The van der Waals surface area contributed by atoms with Gasteiger partial charge in [0, 0.05) is 5.69 Å². The number of nitrogens with zero attached hydrogens (tertiary/aromatic N) is 1. The van der Waals surface area contributed by atoms with Crippen LogP contribution in [0.1, 0.15) is 15.9 Å². The number of anilines is 1. The summed E-state index contributed by atoms with van der Waals surface area (Å²) in [6.07, 6.45) is 0. The summed E-state index contributed by atoms with van der Waals surface area (Å²) in [4.78, 5) is 24.1. The molecule has 0 saturated heterocycles. The monoisotopic (exact) mass is 410 g/mol. The molecule has 1 N–H and O–H groups in total. The highest BCUT2D eigenvalue weighted by molar-refractivity contribution is 6.32. The Bertz CT molecular complexity index is 931. The zero-order chi connectivity index (χ0) is 20.7. The minimum absolute atomic E-state index is 0.0913. The fourth-order valence-corrected chi connectivity index (χ4v) is 2.36. The van der Waals surface area contributed by atoms with E-state index in [1.807, 2.05) is 6.07 Å². The number of carbonyl (C=O) groups excluding carboxylic acids is 2. The second-order valence-electron chi connectivity index (χ2n) is 5.15. The van der Waals surface area contributed by atoms with Crippen LogP contribution in [0.15, 0.2) is 36.4 Å². The summed E-state index contributed by atoms with van der Waals surface area (Å²) in [5.41, 5.74) is 0.192. The molecule has 10 heteroatoms. The molecule has 0 aliphatic carbocycles. The second kappa shape index (κ2) is 9.53. The lowest BCUT2D eigenvalue weighted by molar-refractivity contribution is -0.119. The van der Waals surface area contributed by atoms with E-state index in [9.17, 15) is 18.4 Å². The predicted octanol–water partition coefficient (Wildman–Crippen LogP) is 3.62. The number of nitrogens with one attached hydrogen (secondary N) is 1. The number of nitriles is 1. The number of esters is 1.